The van der Waals surface area contributed by atoms with Crippen molar-refractivity contribution in [3.63, 3.8) is 0 Å². The molecule has 0 saturated carbocycles. The molecule has 2 rings (SSSR count). The summed E-state index contributed by atoms with van der Waals surface area (Å²) in [4.78, 5) is 6.54. The maximum Gasteiger partial charge on any atom is 0.113 e. The van der Waals surface area contributed by atoms with E-state index in [4.69, 9.17) is 9.72 Å². The first-order valence-electron chi connectivity index (χ1n) is 7.98. The molecular weight excluding hydrogens is 268 g/mol. The third-order valence-corrected chi connectivity index (χ3v) is 5.67. The summed E-state index contributed by atoms with van der Waals surface area (Å²) in [6.07, 6.45) is 8.47. The van der Waals surface area contributed by atoms with Gasteiger partial charge in [-0.25, -0.2) is 4.98 Å². The standard InChI is InChI=1S/C16H28N2OS/c1-4-10-16(5-2,17-11-12-19-3)15-18-13-8-6-7-9-14(13)20-15/h17H,4-12H2,1-3H3. The average molecular weight is 296 g/mol. The second-order valence-electron chi connectivity index (χ2n) is 5.70. The van der Waals surface area contributed by atoms with Gasteiger partial charge in [0.25, 0.3) is 0 Å². The van der Waals surface area contributed by atoms with E-state index in [1.807, 2.05) is 11.3 Å². The Hall–Kier alpha value is -0.450. The summed E-state index contributed by atoms with van der Waals surface area (Å²) in [6.45, 7) is 6.19. The van der Waals surface area contributed by atoms with Gasteiger partial charge in [0.05, 0.1) is 17.8 Å². The van der Waals surface area contributed by atoms with Crippen LogP contribution in [0.5, 0.6) is 0 Å². The van der Waals surface area contributed by atoms with Gasteiger partial charge >= 0.3 is 0 Å². The van der Waals surface area contributed by atoms with Crippen molar-refractivity contribution < 1.29 is 4.74 Å². The van der Waals surface area contributed by atoms with Crippen LogP contribution in [0.15, 0.2) is 0 Å². The number of ether oxygens (including phenoxy) is 1. The van der Waals surface area contributed by atoms with Crippen LogP contribution in [0.2, 0.25) is 0 Å². The quantitative estimate of drug-likeness (QED) is 0.743. The second kappa shape index (κ2) is 7.53. The highest BCUT2D eigenvalue weighted by atomic mass is 32.1. The Labute approximate surface area is 127 Å². The van der Waals surface area contributed by atoms with E-state index in [0.29, 0.717) is 0 Å². The average Bonchev–Trinajstić information content (AvgIpc) is 2.91. The third kappa shape index (κ3) is 3.41. The molecule has 1 aromatic rings. The number of methoxy groups -OCH3 is 1. The highest BCUT2D eigenvalue weighted by Crippen LogP contribution is 2.37. The van der Waals surface area contributed by atoms with Gasteiger partial charge in [0, 0.05) is 18.5 Å². The highest BCUT2D eigenvalue weighted by molar-refractivity contribution is 7.11. The third-order valence-electron chi connectivity index (χ3n) is 4.30. The Morgan fingerprint density at radius 1 is 1.30 bits per heavy atom. The van der Waals surface area contributed by atoms with Gasteiger partial charge in [0.2, 0.25) is 0 Å². The van der Waals surface area contributed by atoms with Gasteiger partial charge in [-0.05, 0) is 38.5 Å². The number of hydrogen-bond acceptors (Lipinski definition) is 4. The maximum atomic E-state index is 5.20. The number of fused-ring (bicyclic) bond motifs is 1. The van der Waals surface area contributed by atoms with Crippen LogP contribution in [-0.4, -0.2) is 25.2 Å². The summed E-state index contributed by atoms with van der Waals surface area (Å²) in [7, 11) is 1.76. The highest BCUT2D eigenvalue weighted by Gasteiger charge is 2.33. The number of thiazole rings is 1. The number of nitrogens with zero attached hydrogens (tertiary/aromatic N) is 1. The molecule has 1 aliphatic carbocycles. The topological polar surface area (TPSA) is 34.1 Å². The minimum Gasteiger partial charge on any atom is -0.383 e. The van der Waals surface area contributed by atoms with E-state index in [-0.39, 0.29) is 5.54 Å². The first-order chi connectivity index (χ1) is 9.75. The van der Waals surface area contributed by atoms with Crippen LogP contribution in [0, 0.1) is 0 Å². The van der Waals surface area contributed by atoms with Crippen molar-refractivity contribution in [3.8, 4) is 0 Å². The molecule has 0 saturated heterocycles. The summed E-state index contributed by atoms with van der Waals surface area (Å²) in [5, 5.41) is 5.04. The molecule has 0 aromatic carbocycles. The molecule has 1 atom stereocenters. The molecule has 1 aliphatic rings. The van der Waals surface area contributed by atoms with Crippen LogP contribution in [0.1, 0.15) is 61.5 Å². The van der Waals surface area contributed by atoms with Gasteiger partial charge in [-0.3, -0.25) is 0 Å². The number of aromatic nitrogens is 1. The van der Waals surface area contributed by atoms with E-state index >= 15 is 0 Å². The van der Waals surface area contributed by atoms with Crippen molar-refractivity contribution in [2.45, 2.75) is 64.3 Å². The Morgan fingerprint density at radius 2 is 2.10 bits per heavy atom. The molecule has 0 fully saturated rings. The van der Waals surface area contributed by atoms with E-state index in [1.54, 1.807) is 7.11 Å². The molecule has 0 amide bonds. The molecular formula is C16H28N2OS. The van der Waals surface area contributed by atoms with Crippen molar-refractivity contribution >= 4 is 11.3 Å². The summed E-state index contributed by atoms with van der Waals surface area (Å²) < 4.78 is 5.20. The molecule has 20 heavy (non-hydrogen) atoms. The molecule has 0 spiro atoms. The Bertz CT molecular complexity index is 395. The molecule has 3 nitrogen and oxygen atoms in total. The van der Waals surface area contributed by atoms with Crippen LogP contribution >= 0.6 is 11.3 Å². The largest absolute Gasteiger partial charge is 0.383 e. The minimum atomic E-state index is 0.0509. The smallest absolute Gasteiger partial charge is 0.113 e. The van der Waals surface area contributed by atoms with Crippen LogP contribution in [0.25, 0.3) is 0 Å². The summed E-state index contributed by atoms with van der Waals surface area (Å²) >= 11 is 1.95. The lowest BCUT2D eigenvalue weighted by Crippen LogP contribution is -2.43. The van der Waals surface area contributed by atoms with Crippen molar-refractivity contribution in [1.82, 2.24) is 10.3 Å². The minimum absolute atomic E-state index is 0.0509. The Kier molecular flexibility index (Phi) is 6.00. The monoisotopic (exact) mass is 296 g/mol. The molecule has 1 N–H and O–H groups in total. The van der Waals surface area contributed by atoms with Crippen LogP contribution in [-0.2, 0) is 23.1 Å². The molecule has 1 aromatic heterocycles. The number of rotatable bonds is 8. The van der Waals surface area contributed by atoms with Gasteiger partial charge < -0.3 is 10.1 Å². The first kappa shape index (κ1) is 15.9. The predicted octanol–water partition coefficient (Wildman–Crippen LogP) is 3.66. The van der Waals surface area contributed by atoms with Gasteiger partial charge in [-0.1, -0.05) is 20.3 Å². The van der Waals surface area contributed by atoms with E-state index in [2.05, 4.69) is 19.2 Å². The Morgan fingerprint density at radius 3 is 2.75 bits per heavy atom. The Balaban J connectivity index is 2.22. The normalized spacial score (nSPS) is 17.8. The number of aryl methyl sites for hydroxylation is 2. The number of nitrogens with one attached hydrogen (secondary N) is 1. The van der Waals surface area contributed by atoms with Gasteiger partial charge in [-0.15, -0.1) is 11.3 Å². The zero-order valence-corrected chi connectivity index (χ0v) is 13.9. The molecule has 0 radical (unpaired) electrons. The molecule has 4 heteroatoms. The van der Waals surface area contributed by atoms with Crippen LogP contribution in [0.3, 0.4) is 0 Å². The van der Waals surface area contributed by atoms with E-state index < -0.39 is 0 Å². The zero-order chi connectivity index (χ0) is 14.4. The molecule has 0 aliphatic heterocycles. The van der Waals surface area contributed by atoms with E-state index in [1.165, 1.54) is 47.7 Å². The van der Waals surface area contributed by atoms with Gasteiger partial charge in [0.15, 0.2) is 0 Å². The lowest BCUT2D eigenvalue weighted by atomic mass is 9.91. The van der Waals surface area contributed by atoms with E-state index in [0.717, 1.165) is 26.0 Å². The van der Waals surface area contributed by atoms with Crippen molar-refractivity contribution in [1.29, 1.82) is 0 Å². The fourth-order valence-electron chi connectivity index (χ4n) is 3.10. The molecule has 1 heterocycles. The fraction of sp³-hybridized carbons (Fsp3) is 0.812. The van der Waals surface area contributed by atoms with Crippen molar-refractivity contribution in [2.75, 3.05) is 20.3 Å². The van der Waals surface area contributed by atoms with Crippen LogP contribution < -0.4 is 5.32 Å². The van der Waals surface area contributed by atoms with Crippen molar-refractivity contribution in [2.24, 2.45) is 0 Å². The number of hydrogen-bond donors (Lipinski definition) is 1. The SMILES string of the molecule is CCCC(CC)(NCCOC)c1nc2c(s1)CCCC2. The zero-order valence-electron chi connectivity index (χ0n) is 13.1. The first-order valence-corrected chi connectivity index (χ1v) is 8.80. The summed E-state index contributed by atoms with van der Waals surface area (Å²) in [6, 6.07) is 0. The second-order valence-corrected chi connectivity index (χ2v) is 6.78. The van der Waals surface area contributed by atoms with E-state index in [9.17, 15) is 0 Å². The lowest BCUT2D eigenvalue weighted by Gasteiger charge is -2.32. The van der Waals surface area contributed by atoms with Gasteiger partial charge in [0.1, 0.15) is 5.01 Å². The summed E-state index contributed by atoms with van der Waals surface area (Å²) in [5.41, 5.74) is 1.42. The van der Waals surface area contributed by atoms with Gasteiger partial charge in [-0.2, -0.15) is 0 Å². The maximum absolute atomic E-state index is 5.20. The lowest BCUT2D eigenvalue weighted by molar-refractivity contribution is 0.178. The fourth-order valence-corrected chi connectivity index (χ4v) is 4.51. The molecule has 0 bridgehead atoms. The van der Waals surface area contributed by atoms with Crippen molar-refractivity contribution in [3.05, 3.63) is 15.6 Å². The van der Waals surface area contributed by atoms with Crippen LogP contribution in [0.4, 0.5) is 0 Å². The predicted molar refractivity (Wildman–Crippen MR) is 85.5 cm³/mol. The summed E-state index contributed by atoms with van der Waals surface area (Å²) in [5.74, 6) is 0. The molecule has 114 valence electrons. The molecule has 1 unspecified atom stereocenters.